The molecule has 9 heteroatoms. The Morgan fingerprint density at radius 2 is 1.89 bits per heavy atom. The Hall–Kier alpha value is -3.62. The number of para-hydroxylation sites is 1. The standard InChI is InChI=1S/C27H23ClN4O3S/c1-35-21-12-10-17(11-13-21)22-15-23(18-6-5-7-19(28)14-18)32(31-22)27-30-26(34)24(36-27)16-25(33)29-20-8-3-2-4-9-20/h2-14,23-24H,15-16H2,1H3,(H,29,33)/t23-,24-/m1/s1. The number of benzene rings is 3. The fourth-order valence-electron chi connectivity index (χ4n) is 4.12. The third-order valence-electron chi connectivity index (χ3n) is 5.92. The number of amidine groups is 1. The molecular weight excluding hydrogens is 496 g/mol. The molecule has 0 radical (unpaired) electrons. The maximum absolute atomic E-state index is 12.8. The van der Waals surface area contributed by atoms with E-state index in [-0.39, 0.29) is 24.3 Å². The third kappa shape index (κ3) is 5.29. The first-order valence-corrected chi connectivity index (χ1v) is 12.7. The summed E-state index contributed by atoms with van der Waals surface area (Å²) in [6.07, 6.45) is 0.635. The Bertz CT molecular complexity index is 1340. The summed E-state index contributed by atoms with van der Waals surface area (Å²) in [5, 5.41) is 9.97. The van der Waals surface area contributed by atoms with Gasteiger partial charge in [-0.2, -0.15) is 10.1 Å². The van der Waals surface area contributed by atoms with Gasteiger partial charge in [-0.1, -0.05) is 53.7 Å². The molecule has 3 aromatic carbocycles. The van der Waals surface area contributed by atoms with Crippen molar-refractivity contribution in [3.05, 3.63) is 95.0 Å². The second-order valence-electron chi connectivity index (χ2n) is 8.35. The van der Waals surface area contributed by atoms with Crippen LogP contribution in [0.2, 0.25) is 5.02 Å². The Balaban J connectivity index is 1.37. The first-order valence-electron chi connectivity index (χ1n) is 11.4. The number of nitrogens with zero attached hydrogens (tertiary/aromatic N) is 3. The molecule has 2 aliphatic heterocycles. The van der Waals surface area contributed by atoms with Gasteiger partial charge in [0.2, 0.25) is 5.91 Å². The quantitative estimate of drug-likeness (QED) is 0.464. The summed E-state index contributed by atoms with van der Waals surface area (Å²) in [7, 11) is 1.63. The van der Waals surface area contributed by atoms with Crippen LogP contribution >= 0.6 is 23.4 Å². The monoisotopic (exact) mass is 518 g/mol. The number of hydrogen-bond donors (Lipinski definition) is 1. The molecule has 0 bridgehead atoms. The van der Waals surface area contributed by atoms with Gasteiger partial charge in [0.25, 0.3) is 5.91 Å². The summed E-state index contributed by atoms with van der Waals surface area (Å²) in [6, 6.07) is 24.3. The van der Waals surface area contributed by atoms with Crippen LogP contribution in [0, 0.1) is 0 Å². The third-order valence-corrected chi connectivity index (χ3v) is 7.30. The van der Waals surface area contributed by atoms with E-state index in [1.807, 2.05) is 66.7 Å². The molecule has 2 aliphatic rings. The average molecular weight is 519 g/mol. The first kappa shape index (κ1) is 24.1. The van der Waals surface area contributed by atoms with Crippen LogP contribution in [0.4, 0.5) is 5.69 Å². The number of aliphatic imine (C=N–C) groups is 1. The molecule has 0 saturated heterocycles. The Morgan fingerprint density at radius 3 is 2.61 bits per heavy atom. The fourth-order valence-corrected chi connectivity index (χ4v) is 5.38. The van der Waals surface area contributed by atoms with E-state index in [4.69, 9.17) is 21.4 Å². The van der Waals surface area contributed by atoms with Crippen molar-refractivity contribution < 1.29 is 14.3 Å². The highest BCUT2D eigenvalue weighted by Gasteiger charge is 2.39. The summed E-state index contributed by atoms with van der Waals surface area (Å²) < 4.78 is 5.27. The number of ether oxygens (including phenoxy) is 1. The number of halogens is 1. The molecule has 3 aromatic rings. The molecule has 36 heavy (non-hydrogen) atoms. The van der Waals surface area contributed by atoms with Gasteiger partial charge in [0.1, 0.15) is 11.0 Å². The molecule has 0 aromatic heterocycles. The highest BCUT2D eigenvalue weighted by molar-refractivity contribution is 8.15. The zero-order valence-corrected chi connectivity index (χ0v) is 21.0. The summed E-state index contributed by atoms with van der Waals surface area (Å²) in [5.41, 5.74) is 3.48. The minimum atomic E-state index is -0.607. The smallest absolute Gasteiger partial charge is 0.262 e. The van der Waals surface area contributed by atoms with Crippen molar-refractivity contribution in [2.45, 2.75) is 24.1 Å². The fraction of sp³-hybridized carbons (Fsp3) is 0.185. The van der Waals surface area contributed by atoms with Gasteiger partial charge in [0, 0.05) is 23.6 Å². The summed E-state index contributed by atoms with van der Waals surface area (Å²) >= 11 is 7.55. The van der Waals surface area contributed by atoms with E-state index in [1.54, 1.807) is 24.3 Å². The number of thioether (sulfide) groups is 1. The largest absolute Gasteiger partial charge is 0.497 e. The predicted molar refractivity (Wildman–Crippen MR) is 144 cm³/mol. The molecule has 1 N–H and O–H groups in total. The van der Waals surface area contributed by atoms with Gasteiger partial charge in [0.15, 0.2) is 5.17 Å². The van der Waals surface area contributed by atoms with Crippen molar-refractivity contribution in [3.8, 4) is 5.75 Å². The van der Waals surface area contributed by atoms with Crippen molar-refractivity contribution in [1.82, 2.24) is 5.01 Å². The van der Waals surface area contributed by atoms with Crippen LogP contribution in [0.25, 0.3) is 0 Å². The van der Waals surface area contributed by atoms with Gasteiger partial charge >= 0.3 is 0 Å². The lowest BCUT2D eigenvalue weighted by atomic mass is 9.98. The van der Waals surface area contributed by atoms with Gasteiger partial charge < -0.3 is 10.1 Å². The minimum Gasteiger partial charge on any atom is -0.497 e. The Kier molecular flexibility index (Phi) is 7.06. The van der Waals surface area contributed by atoms with E-state index >= 15 is 0 Å². The topological polar surface area (TPSA) is 83.4 Å². The number of anilines is 1. The van der Waals surface area contributed by atoms with Crippen molar-refractivity contribution in [2.75, 3.05) is 12.4 Å². The number of hydrogen-bond acceptors (Lipinski definition) is 6. The molecule has 0 aliphatic carbocycles. The maximum atomic E-state index is 12.8. The molecule has 5 rings (SSSR count). The molecule has 7 nitrogen and oxygen atoms in total. The number of carbonyl (C=O) groups excluding carboxylic acids is 2. The van der Waals surface area contributed by atoms with Crippen LogP contribution < -0.4 is 10.1 Å². The molecule has 0 saturated carbocycles. The van der Waals surface area contributed by atoms with E-state index in [2.05, 4.69) is 10.3 Å². The Labute approximate surface area is 218 Å². The predicted octanol–water partition coefficient (Wildman–Crippen LogP) is 5.53. The molecular formula is C27H23ClN4O3S. The van der Waals surface area contributed by atoms with Crippen LogP contribution in [-0.4, -0.2) is 40.1 Å². The molecule has 0 unspecified atom stereocenters. The summed E-state index contributed by atoms with van der Waals surface area (Å²) in [6.45, 7) is 0. The average Bonchev–Trinajstić information content (AvgIpc) is 3.49. The molecule has 2 heterocycles. The molecule has 182 valence electrons. The number of hydrazone groups is 1. The number of nitrogens with one attached hydrogen (secondary N) is 1. The van der Waals surface area contributed by atoms with E-state index in [9.17, 15) is 9.59 Å². The van der Waals surface area contributed by atoms with Crippen molar-refractivity contribution >= 4 is 51.7 Å². The second-order valence-corrected chi connectivity index (χ2v) is 9.96. The lowest BCUT2D eigenvalue weighted by molar-refractivity contribution is -0.121. The van der Waals surface area contributed by atoms with Crippen LogP contribution in [-0.2, 0) is 9.59 Å². The lowest BCUT2D eigenvalue weighted by Crippen LogP contribution is -2.25. The molecule has 0 fully saturated rings. The van der Waals surface area contributed by atoms with Gasteiger partial charge in [-0.25, -0.2) is 5.01 Å². The normalized spacial score (nSPS) is 19.2. The summed E-state index contributed by atoms with van der Waals surface area (Å²) in [4.78, 5) is 29.6. The van der Waals surface area contributed by atoms with Gasteiger partial charge in [-0.3, -0.25) is 9.59 Å². The van der Waals surface area contributed by atoms with Crippen LogP contribution in [0.5, 0.6) is 5.75 Å². The first-order chi connectivity index (χ1) is 17.5. The van der Waals surface area contributed by atoms with E-state index in [0.717, 1.165) is 22.6 Å². The lowest BCUT2D eigenvalue weighted by Gasteiger charge is -2.23. The molecule has 2 amide bonds. The van der Waals surface area contributed by atoms with E-state index < -0.39 is 5.25 Å². The number of carbonyl (C=O) groups is 2. The highest BCUT2D eigenvalue weighted by atomic mass is 35.5. The summed E-state index contributed by atoms with van der Waals surface area (Å²) in [5.74, 6) is 0.188. The van der Waals surface area contributed by atoms with Gasteiger partial charge in [0.05, 0.1) is 18.9 Å². The zero-order chi connectivity index (χ0) is 25.1. The zero-order valence-electron chi connectivity index (χ0n) is 19.4. The highest BCUT2D eigenvalue weighted by Crippen LogP contribution is 2.39. The van der Waals surface area contributed by atoms with Crippen LogP contribution in [0.3, 0.4) is 0 Å². The number of amides is 2. The SMILES string of the molecule is COc1ccc(C2=NN(C3=NC(=O)[C@@H](CC(=O)Nc4ccccc4)S3)[C@@H](c3cccc(Cl)c3)C2)cc1. The van der Waals surface area contributed by atoms with Crippen molar-refractivity contribution in [2.24, 2.45) is 10.1 Å². The minimum absolute atomic E-state index is 0.0239. The maximum Gasteiger partial charge on any atom is 0.262 e. The second kappa shape index (κ2) is 10.6. The van der Waals surface area contributed by atoms with E-state index in [0.29, 0.717) is 22.3 Å². The molecule has 2 atom stereocenters. The van der Waals surface area contributed by atoms with Gasteiger partial charge in [-0.05, 0) is 59.7 Å². The van der Waals surface area contributed by atoms with Crippen LogP contribution in [0.1, 0.15) is 30.0 Å². The van der Waals surface area contributed by atoms with E-state index in [1.165, 1.54) is 11.8 Å². The Morgan fingerprint density at radius 1 is 1.11 bits per heavy atom. The number of rotatable bonds is 6. The van der Waals surface area contributed by atoms with Crippen molar-refractivity contribution in [3.63, 3.8) is 0 Å². The number of methoxy groups -OCH3 is 1. The van der Waals surface area contributed by atoms with Crippen LogP contribution in [0.15, 0.2) is 89.0 Å². The van der Waals surface area contributed by atoms with Crippen molar-refractivity contribution in [1.29, 1.82) is 0 Å². The molecule has 0 spiro atoms. The van der Waals surface area contributed by atoms with Gasteiger partial charge in [-0.15, -0.1) is 0 Å².